The Morgan fingerprint density at radius 3 is 1.64 bits per heavy atom. The zero-order chi connectivity index (χ0) is 8.85. The van der Waals surface area contributed by atoms with Crippen LogP contribution >= 0.6 is 0 Å². The van der Waals surface area contributed by atoms with Gasteiger partial charge in [-0.3, -0.25) is 30.7 Å². The van der Waals surface area contributed by atoms with Gasteiger partial charge in [-0.15, -0.1) is 0 Å². The maximum Gasteiger partial charge on any atom is 0.328 e. The van der Waals surface area contributed by atoms with Crippen LogP contribution in [0.4, 0.5) is 4.79 Å². The Morgan fingerprint density at radius 1 is 1.00 bits per heavy atom. The largest absolute Gasteiger partial charge is 0.328 e. The molecule has 0 aromatic carbocycles. The molecule has 0 aromatic heterocycles. The van der Waals surface area contributed by atoms with E-state index in [-0.39, 0.29) is 6.42 Å². The van der Waals surface area contributed by atoms with Crippen LogP contribution in [-0.2, 0) is 9.59 Å². The average Bonchev–Trinajstić information content (AvgIpc) is 1.88. The molecule has 1 saturated heterocycles. The van der Waals surface area contributed by atoms with Crippen molar-refractivity contribution >= 4 is 17.8 Å². The lowest BCUT2D eigenvalue weighted by atomic mass is 10.3. The summed E-state index contributed by atoms with van der Waals surface area (Å²) in [6, 6.07) is -0.740. The molecular formula is C4H6N2O5. The van der Waals surface area contributed by atoms with Crippen LogP contribution in [0.2, 0.25) is 0 Å². The Balaban J connectivity index is 0.000000461. The predicted molar refractivity (Wildman–Crippen MR) is 31.6 cm³/mol. The number of barbiturate groups is 1. The van der Waals surface area contributed by atoms with Gasteiger partial charge in [-0.1, -0.05) is 0 Å². The van der Waals surface area contributed by atoms with Crippen molar-refractivity contribution in [2.45, 2.75) is 6.42 Å². The number of rotatable bonds is 0. The molecule has 0 spiro atoms. The van der Waals surface area contributed by atoms with E-state index in [1.165, 1.54) is 0 Å². The van der Waals surface area contributed by atoms with E-state index in [0.29, 0.717) is 0 Å². The zero-order valence-electron chi connectivity index (χ0n) is 5.33. The maximum atomic E-state index is 10.3. The number of carbonyl (C=O) groups is 3. The second-order valence-electron chi connectivity index (χ2n) is 1.60. The molecule has 11 heavy (non-hydrogen) atoms. The number of carbonyl (C=O) groups excluding carboxylic acids is 3. The number of nitrogens with one attached hydrogen (secondary N) is 2. The van der Waals surface area contributed by atoms with Crippen molar-refractivity contribution in [3.63, 3.8) is 0 Å². The van der Waals surface area contributed by atoms with E-state index in [1.54, 1.807) is 0 Å². The van der Waals surface area contributed by atoms with E-state index in [4.69, 9.17) is 10.5 Å². The monoisotopic (exact) mass is 162 g/mol. The molecule has 62 valence electrons. The van der Waals surface area contributed by atoms with Crippen LogP contribution in [0.15, 0.2) is 0 Å². The Hall–Kier alpha value is -1.47. The van der Waals surface area contributed by atoms with Crippen LogP contribution in [-0.4, -0.2) is 28.4 Å². The first-order valence-corrected chi connectivity index (χ1v) is 2.52. The van der Waals surface area contributed by atoms with Crippen molar-refractivity contribution in [2.24, 2.45) is 0 Å². The Labute approximate surface area is 60.9 Å². The Kier molecular flexibility index (Phi) is 3.78. The average molecular weight is 162 g/mol. The van der Waals surface area contributed by atoms with Crippen LogP contribution < -0.4 is 10.6 Å². The first-order chi connectivity index (χ1) is 5.18. The van der Waals surface area contributed by atoms with Crippen molar-refractivity contribution in [1.82, 2.24) is 10.6 Å². The summed E-state index contributed by atoms with van der Waals surface area (Å²) in [7, 11) is 0. The van der Waals surface area contributed by atoms with Gasteiger partial charge in [0.25, 0.3) is 0 Å². The van der Waals surface area contributed by atoms with Crippen LogP contribution in [0.25, 0.3) is 0 Å². The molecule has 1 rings (SSSR count). The third kappa shape index (κ3) is 3.28. The molecule has 7 nitrogen and oxygen atoms in total. The van der Waals surface area contributed by atoms with Crippen LogP contribution in [0.1, 0.15) is 6.42 Å². The van der Waals surface area contributed by atoms with Crippen LogP contribution in [0.3, 0.4) is 0 Å². The fourth-order valence-corrected chi connectivity index (χ4v) is 0.519. The van der Waals surface area contributed by atoms with Gasteiger partial charge >= 0.3 is 6.03 Å². The molecule has 1 aliphatic heterocycles. The van der Waals surface area contributed by atoms with Crippen molar-refractivity contribution < 1.29 is 24.9 Å². The van der Waals surface area contributed by atoms with E-state index in [9.17, 15) is 14.4 Å². The fourth-order valence-electron chi connectivity index (χ4n) is 0.519. The molecule has 0 radical (unpaired) electrons. The van der Waals surface area contributed by atoms with Gasteiger partial charge in [0.05, 0.1) is 0 Å². The zero-order valence-corrected chi connectivity index (χ0v) is 5.33. The molecule has 0 aromatic rings. The third-order valence-electron chi connectivity index (χ3n) is 0.827. The quantitative estimate of drug-likeness (QED) is 0.202. The Bertz CT molecular complexity index is 144. The summed E-state index contributed by atoms with van der Waals surface area (Å²) in [4.78, 5) is 30.8. The molecule has 7 heteroatoms. The minimum atomic E-state index is -0.740. The van der Waals surface area contributed by atoms with Gasteiger partial charge in [-0.2, -0.15) is 0 Å². The molecule has 0 unspecified atom stereocenters. The summed E-state index contributed by atoms with van der Waals surface area (Å²) < 4.78 is 0. The lowest BCUT2D eigenvalue weighted by molar-refractivity contribution is -0.176. The number of hydrogen-bond donors (Lipinski definition) is 4. The Morgan fingerprint density at radius 2 is 1.36 bits per heavy atom. The van der Waals surface area contributed by atoms with E-state index in [0.717, 1.165) is 0 Å². The van der Waals surface area contributed by atoms with E-state index >= 15 is 0 Å². The SMILES string of the molecule is O=C1CC(=O)NC(=O)N1.OO. The summed E-state index contributed by atoms with van der Waals surface area (Å²) in [5.41, 5.74) is 0. The number of amides is 4. The van der Waals surface area contributed by atoms with Gasteiger partial charge in [-0.25, -0.2) is 4.79 Å². The summed E-state index contributed by atoms with van der Waals surface area (Å²) >= 11 is 0. The molecule has 0 aliphatic carbocycles. The molecule has 4 N–H and O–H groups in total. The highest BCUT2D eigenvalue weighted by Crippen LogP contribution is 1.85. The lowest BCUT2D eigenvalue weighted by Gasteiger charge is -2.09. The second kappa shape index (κ2) is 4.36. The highest BCUT2D eigenvalue weighted by atomic mass is 17.0. The fraction of sp³-hybridized carbons (Fsp3) is 0.250. The van der Waals surface area contributed by atoms with E-state index in [1.807, 2.05) is 10.6 Å². The summed E-state index contributed by atoms with van der Waals surface area (Å²) in [5.74, 6) is -1.10. The third-order valence-corrected chi connectivity index (χ3v) is 0.827. The van der Waals surface area contributed by atoms with Crippen molar-refractivity contribution in [3.8, 4) is 0 Å². The lowest BCUT2D eigenvalue weighted by Crippen LogP contribution is -2.49. The van der Waals surface area contributed by atoms with Gasteiger partial charge < -0.3 is 0 Å². The summed E-state index contributed by atoms with van der Waals surface area (Å²) in [6.07, 6.45) is -0.258. The van der Waals surface area contributed by atoms with E-state index in [2.05, 4.69) is 0 Å². The highest BCUT2D eigenvalue weighted by molar-refractivity contribution is 6.14. The van der Waals surface area contributed by atoms with Gasteiger partial charge in [-0.05, 0) is 0 Å². The summed E-state index contributed by atoms with van der Waals surface area (Å²) in [5, 5.41) is 15.8. The molecule has 1 heterocycles. The van der Waals surface area contributed by atoms with Crippen molar-refractivity contribution in [1.29, 1.82) is 0 Å². The normalized spacial score (nSPS) is 16.0. The van der Waals surface area contributed by atoms with Gasteiger partial charge in [0.1, 0.15) is 6.42 Å². The first kappa shape index (κ1) is 9.53. The number of hydrogen-bond acceptors (Lipinski definition) is 5. The minimum Gasteiger partial charge on any atom is -0.277 e. The standard InChI is InChI=1S/C4H4N2O3.H2O2/c7-2-1-3(8)6-4(9)5-2;1-2/h1H2,(H2,5,6,7,8,9);1-2H. The number of imide groups is 2. The van der Waals surface area contributed by atoms with Crippen LogP contribution in [0, 0.1) is 0 Å². The van der Waals surface area contributed by atoms with Gasteiger partial charge in [0.2, 0.25) is 11.8 Å². The van der Waals surface area contributed by atoms with Gasteiger partial charge in [0, 0.05) is 0 Å². The highest BCUT2D eigenvalue weighted by Gasteiger charge is 2.20. The van der Waals surface area contributed by atoms with Crippen molar-refractivity contribution in [3.05, 3.63) is 0 Å². The minimum absolute atomic E-state index is 0.258. The van der Waals surface area contributed by atoms with Gasteiger partial charge in [0.15, 0.2) is 0 Å². The molecule has 0 saturated carbocycles. The van der Waals surface area contributed by atoms with Crippen molar-refractivity contribution in [2.75, 3.05) is 0 Å². The molecule has 0 bridgehead atoms. The molecule has 1 fully saturated rings. The molecule has 4 amide bonds. The molecule has 0 atom stereocenters. The van der Waals surface area contributed by atoms with E-state index < -0.39 is 17.8 Å². The molecule has 1 aliphatic rings. The predicted octanol–water partition coefficient (Wildman–Crippen LogP) is -1.24. The summed E-state index contributed by atoms with van der Waals surface area (Å²) in [6.45, 7) is 0. The molecular weight excluding hydrogens is 156 g/mol. The number of urea groups is 1. The second-order valence-corrected chi connectivity index (χ2v) is 1.60. The maximum absolute atomic E-state index is 10.3. The smallest absolute Gasteiger partial charge is 0.277 e. The topological polar surface area (TPSA) is 116 Å². The van der Waals surface area contributed by atoms with Crippen LogP contribution in [0.5, 0.6) is 0 Å². The first-order valence-electron chi connectivity index (χ1n) is 2.52.